The highest BCUT2D eigenvalue weighted by Gasteiger charge is 2.23. The zero-order valence-corrected chi connectivity index (χ0v) is 14.8. The zero-order valence-electron chi connectivity index (χ0n) is 14.8. The molecule has 1 atom stereocenters. The number of ether oxygens (including phenoxy) is 1. The molecule has 0 aliphatic carbocycles. The number of aromatic nitrogens is 1. The lowest BCUT2D eigenvalue weighted by Gasteiger charge is -2.36. The summed E-state index contributed by atoms with van der Waals surface area (Å²) in [4.78, 5) is 6.86. The summed E-state index contributed by atoms with van der Waals surface area (Å²) >= 11 is 0. The predicted molar refractivity (Wildman–Crippen MR) is 97.2 cm³/mol. The van der Waals surface area contributed by atoms with E-state index in [2.05, 4.69) is 66.3 Å². The summed E-state index contributed by atoms with van der Waals surface area (Å²) in [7, 11) is 0. The van der Waals surface area contributed by atoms with Gasteiger partial charge in [-0.1, -0.05) is 18.2 Å². The van der Waals surface area contributed by atoms with Crippen molar-refractivity contribution in [2.75, 3.05) is 19.6 Å². The van der Waals surface area contributed by atoms with Gasteiger partial charge in [0.25, 0.3) is 0 Å². The Morgan fingerprint density at radius 3 is 2.75 bits per heavy atom. The summed E-state index contributed by atoms with van der Waals surface area (Å²) in [5.41, 5.74) is 3.83. The van der Waals surface area contributed by atoms with E-state index in [4.69, 9.17) is 4.74 Å². The monoisotopic (exact) mass is 325 g/mol. The quantitative estimate of drug-likeness (QED) is 0.915. The normalized spacial score (nSPS) is 18.8. The minimum absolute atomic E-state index is 0.206. The van der Waals surface area contributed by atoms with Crippen molar-refractivity contribution in [1.29, 1.82) is 0 Å². The van der Waals surface area contributed by atoms with Crippen LogP contribution in [0, 0.1) is 6.92 Å². The number of nitrogens with zero attached hydrogens (tertiary/aromatic N) is 2. The maximum atomic E-state index is 5.75. The average molecular weight is 325 g/mol. The van der Waals surface area contributed by atoms with Gasteiger partial charge in [-0.2, -0.15) is 0 Å². The first-order chi connectivity index (χ1) is 11.6. The van der Waals surface area contributed by atoms with Crippen LogP contribution in [0.25, 0.3) is 0 Å². The van der Waals surface area contributed by atoms with Gasteiger partial charge in [0.15, 0.2) is 0 Å². The van der Waals surface area contributed by atoms with Gasteiger partial charge in [-0.25, -0.2) is 0 Å². The molecule has 0 bridgehead atoms. The number of rotatable bonds is 5. The van der Waals surface area contributed by atoms with Crippen LogP contribution in [0.2, 0.25) is 0 Å². The van der Waals surface area contributed by atoms with Crippen LogP contribution < -0.4 is 10.1 Å². The van der Waals surface area contributed by atoms with E-state index < -0.39 is 0 Å². The van der Waals surface area contributed by atoms with E-state index in [1.54, 1.807) is 0 Å². The smallest absolute Gasteiger partial charge is 0.119 e. The number of benzene rings is 1. The van der Waals surface area contributed by atoms with Crippen molar-refractivity contribution in [1.82, 2.24) is 15.2 Å². The van der Waals surface area contributed by atoms with Gasteiger partial charge in [-0.15, -0.1) is 0 Å². The van der Waals surface area contributed by atoms with Crippen LogP contribution in [-0.2, 0) is 6.54 Å². The fourth-order valence-electron chi connectivity index (χ4n) is 3.24. The topological polar surface area (TPSA) is 37.4 Å². The Kier molecular flexibility index (Phi) is 5.48. The molecule has 0 saturated carbocycles. The zero-order chi connectivity index (χ0) is 16.9. The van der Waals surface area contributed by atoms with Gasteiger partial charge in [-0.05, 0) is 49.6 Å². The molecule has 1 aliphatic heterocycles. The van der Waals surface area contributed by atoms with Crippen LogP contribution >= 0.6 is 0 Å². The van der Waals surface area contributed by atoms with E-state index in [0.717, 1.165) is 31.9 Å². The van der Waals surface area contributed by atoms with Gasteiger partial charge in [0.2, 0.25) is 0 Å². The van der Waals surface area contributed by atoms with E-state index in [1.165, 1.54) is 16.7 Å². The minimum Gasteiger partial charge on any atom is -0.491 e. The number of pyridine rings is 1. The molecule has 2 heterocycles. The number of aryl methyl sites for hydroxylation is 1. The van der Waals surface area contributed by atoms with E-state index in [-0.39, 0.29) is 6.10 Å². The Hall–Kier alpha value is -1.91. The molecule has 0 amide bonds. The van der Waals surface area contributed by atoms with Crippen molar-refractivity contribution in [2.24, 2.45) is 0 Å². The molecule has 128 valence electrons. The highest BCUT2D eigenvalue weighted by Crippen LogP contribution is 2.26. The van der Waals surface area contributed by atoms with Crippen LogP contribution in [0.15, 0.2) is 42.7 Å². The molecule has 24 heavy (non-hydrogen) atoms. The Morgan fingerprint density at radius 1 is 1.25 bits per heavy atom. The maximum absolute atomic E-state index is 5.75. The van der Waals surface area contributed by atoms with Gasteiger partial charge in [0.05, 0.1) is 6.10 Å². The molecule has 1 aliphatic rings. The summed E-state index contributed by atoms with van der Waals surface area (Å²) in [5, 5.41) is 3.52. The summed E-state index contributed by atoms with van der Waals surface area (Å²) in [6.07, 6.45) is 4.09. The van der Waals surface area contributed by atoms with Crippen LogP contribution in [0.5, 0.6) is 5.75 Å². The van der Waals surface area contributed by atoms with Crippen LogP contribution in [0.4, 0.5) is 0 Å². The Morgan fingerprint density at radius 2 is 2.04 bits per heavy atom. The fraction of sp³-hybridized carbons (Fsp3) is 0.450. The summed E-state index contributed by atoms with van der Waals surface area (Å²) in [6, 6.07) is 11.2. The minimum atomic E-state index is 0.206. The molecule has 3 rings (SSSR count). The third-order valence-electron chi connectivity index (χ3n) is 4.31. The molecule has 1 fully saturated rings. The second-order valence-corrected chi connectivity index (χ2v) is 6.80. The number of hydrogen-bond acceptors (Lipinski definition) is 4. The first kappa shape index (κ1) is 16.9. The van der Waals surface area contributed by atoms with Crippen molar-refractivity contribution in [2.45, 2.75) is 39.5 Å². The fourth-order valence-corrected chi connectivity index (χ4v) is 3.24. The average Bonchev–Trinajstić information content (AvgIpc) is 2.56. The molecular formula is C20H27N3O. The lowest BCUT2D eigenvalue weighted by molar-refractivity contribution is 0.153. The van der Waals surface area contributed by atoms with Gasteiger partial charge in [-0.3, -0.25) is 9.88 Å². The highest BCUT2D eigenvalue weighted by molar-refractivity contribution is 5.30. The van der Waals surface area contributed by atoms with Crippen molar-refractivity contribution in [3.05, 3.63) is 59.4 Å². The molecule has 0 spiro atoms. The van der Waals surface area contributed by atoms with Crippen molar-refractivity contribution in [3.8, 4) is 5.75 Å². The molecule has 1 saturated heterocycles. The largest absolute Gasteiger partial charge is 0.491 e. The number of piperazine rings is 1. The summed E-state index contributed by atoms with van der Waals surface area (Å²) in [6.45, 7) is 10.2. The Labute approximate surface area is 144 Å². The first-order valence-electron chi connectivity index (χ1n) is 8.74. The summed E-state index contributed by atoms with van der Waals surface area (Å²) in [5.74, 6) is 0.937. The first-order valence-corrected chi connectivity index (χ1v) is 8.74. The third kappa shape index (κ3) is 4.34. The molecule has 1 aromatic carbocycles. The van der Waals surface area contributed by atoms with Crippen molar-refractivity contribution < 1.29 is 4.74 Å². The van der Waals surface area contributed by atoms with Crippen LogP contribution in [-0.4, -0.2) is 35.6 Å². The lowest BCUT2D eigenvalue weighted by atomic mass is 10.0. The number of hydrogen-bond donors (Lipinski definition) is 1. The van der Waals surface area contributed by atoms with Crippen molar-refractivity contribution >= 4 is 0 Å². The molecule has 4 heteroatoms. The SMILES string of the molecule is Cc1cncc(CN2CCNCC2c2ccc(OC(C)C)cc2)c1. The Balaban J connectivity index is 1.74. The second-order valence-electron chi connectivity index (χ2n) is 6.80. The molecule has 1 aromatic heterocycles. The Bertz CT molecular complexity index is 654. The van der Waals surface area contributed by atoms with Gasteiger partial charge in [0, 0.05) is 44.6 Å². The van der Waals surface area contributed by atoms with E-state index in [9.17, 15) is 0 Å². The van der Waals surface area contributed by atoms with E-state index in [0.29, 0.717) is 6.04 Å². The van der Waals surface area contributed by atoms with Gasteiger partial charge < -0.3 is 10.1 Å². The molecule has 1 N–H and O–H groups in total. The predicted octanol–water partition coefficient (Wildman–Crippen LogP) is 3.32. The van der Waals surface area contributed by atoms with E-state index >= 15 is 0 Å². The molecule has 4 nitrogen and oxygen atoms in total. The van der Waals surface area contributed by atoms with Gasteiger partial charge >= 0.3 is 0 Å². The van der Waals surface area contributed by atoms with E-state index in [1.807, 2.05) is 12.4 Å². The lowest BCUT2D eigenvalue weighted by Crippen LogP contribution is -2.45. The molecule has 1 unspecified atom stereocenters. The second kappa shape index (κ2) is 7.77. The third-order valence-corrected chi connectivity index (χ3v) is 4.31. The number of nitrogens with one attached hydrogen (secondary N) is 1. The standard InChI is InChI=1S/C20H27N3O/c1-15(2)24-19-6-4-18(5-7-19)20-13-21-8-9-23(20)14-17-10-16(3)11-22-12-17/h4-7,10-12,15,20-21H,8-9,13-14H2,1-3H3. The van der Waals surface area contributed by atoms with Crippen LogP contribution in [0.3, 0.4) is 0 Å². The van der Waals surface area contributed by atoms with Crippen molar-refractivity contribution in [3.63, 3.8) is 0 Å². The molecule has 2 aromatic rings. The van der Waals surface area contributed by atoms with Crippen LogP contribution in [0.1, 0.15) is 36.6 Å². The van der Waals surface area contributed by atoms with Gasteiger partial charge in [0.1, 0.15) is 5.75 Å². The molecular weight excluding hydrogens is 298 g/mol. The molecule has 0 radical (unpaired) electrons. The summed E-state index contributed by atoms with van der Waals surface area (Å²) < 4.78 is 5.75. The highest BCUT2D eigenvalue weighted by atomic mass is 16.5. The maximum Gasteiger partial charge on any atom is 0.119 e.